The fourth-order valence-corrected chi connectivity index (χ4v) is 1.71. The Labute approximate surface area is 86.0 Å². The summed E-state index contributed by atoms with van der Waals surface area (Å²) in [5, 5.41) is 0. The number of hydrogen-bond donors (Lipinski definition) is 0. The molecule has 1 aromatic carbocycles. The van der Waals surface area contributed by atoms with Gasteiger partial charge in [0, 0.05) is 10.7 Å². The summed E-state index contributed by atoms with van der Waals surface area (Å²) in [6.45, 7) is 2.35. The van der Waals surface area contributed by atoms with Crippen molar-refractivity contribution in [3.8, 4) is 5.75 Å². The molecule has 0 atom stereocenters. The molecule has 1 aromatic rings. The van der Waals surface area contributed by atoms with Gasteiger partial charge in [-0.1, -0.05) is 0 Å². The Hall–Kier alpha value is -0.290. The molecule has 0 fully saturated rings. The molecule has 0 radical (unpaired) electrons. The van der Waals surface area contributed by atoms with E-state index in [-0.39, 0.29) is 0 Å². The van der Waals surface area contributed by atoms with Crippen molar-refractivity contribution in [1.29, 1.82) is 0 Å². The molecule has 12 heavy (non-hydrogen) atoms. The van der Waals surface area contributed by atoms with E-state index in [9.17, 15) is 0 Å². The molecular formula is C9H11IO2. The van der Waals surface area contributed by atoms with Gasteiger partial charge in [-0.15, -0.1) is 0 Å². The van der Waals surface area contributed by atoms with Crippen LogP contribution in [0.25, 0.3) is 0 Å². The summed E-state index contributed by atoms with van der Waals surface area (Å²) in [4.78, 5) is 0. The van der Waals surface area contributed by atoms with Crippen molar-refractivity contribution in [3.05, 3.63) is 27.3 Å². The molecule has 0 bridgehead atoms. The topological polar surface area (TPSA) is 18.5 Å². The number of ether oxygens (including phenoxy) is 2. The van der Waals surface area contributed by atoms with E-state index >= 15 is 0 Å². The summed E-state index contributed by atoms with van der Waals surface area (Å²) >= 11 is 2.26. The molecule has 0 aliphatic rings. The molecule has 1 rings (SSSR count). The Morgan fingerprint density at radius 1 is 1.33 bits per heavy atom. The summed E-state index contributed by atoms with van der Waals surface area (Å²) in [6, 6.07) is 6.06. The zero-order valence-corrected chi connectivity index (χ0v) is 9.29. The number of halogens is 1. The average Bonchev–Trinajstić information content (AvgIpc) is 1.99. The molecule has 0 aromatic heterocycles. The predicted octanol–water partition coefficient (Wildman–Crippen LogP) is 2.58. The third-order valence-corrected chi connectivity index (χ3v) is 1.98. The van der Waals surface area contributed by atoms with Crippen LogP contribution in [0.2, 0.25) is 0 Å². The highest BCUT2D eigenvalue weighted by Gasteiger charge is 1.96. The highest BCUT2D eigenvalue weighted by molar-refractivity contribution is 14.1. The van der Waals surface area contributed by atoms with Crippen LogP contribution in [0, 0.1) is 10.5 Å². The van der Waals surface area contributed by atoms with E-state index in [0.29, 0.717) is 6.79 Å². The van der Waals surface area contributed by atoms with Crippen molar-refractivity contribution in [3.63, 3.8) is 0 Å². The highest BCUT2D eigenvalue weighted by atomic mass is 127. The predicted molar refractivity (Wildman–Crippen MR) is 56.4 cm³/mol. The summed E-state index contributed by atoms with van der Waals surface area (Å²) in [5.41, 5.74) is 1.20. The van der Waals surface area contributed by atoms with Crippen LogP contribution >= 0.6 is 22.6 Å². The van der Waals surface area contributed by atoms with Crippen LogP contribution < -0.4 is 4.74 Å². The smallest absolute Gasteiger partial charge is 0.188 e. The average molecular weight is 278 g/mol. The van der Waals surface area contributed by atoms with Gasteiger partial charge >= 0.3 is 0 Å². The first kappa shape index (κ1) is 9.80. The second kappa shape index (κ2) is 4.67. The van der Waals surface area contributed by atoms with Gasteiger partial charge in [-0.05, 0) is 53.3 Å². The van der Waals surface area contributed by atoms with Crippen molar-refractivity contribution < 1.29 is 9.47 Å². The van der Waals surface area contributed by atoms with Gasteiger partial charge in [0.2, 0.25) is 0 Å². The molecule has 3 heteroatoms. The van der Waals surface area contributed by atoms with Gasteiger partial charge in [0.25, 0.3) is 0 Å². The van der Waals surface area contributed by atoms with Crippen LogP contribution in [0.4, 0.5) is 0 Å². The van der Waals surface area contributed by atoms with E-state index in [0.717, 1.165) is 5.75 Å². The number of hydrogen-bond acceptors (Lipinski definition) is 2. The second-order valence-corrected chi connectivity index (χ2v) is 3.76. The van der Waals surface area contributed by atoms with E-state index in [1.165, 1.54) is 9.13 Å². The zero-order chi connectivity index (χ0) is 8.97. The Balaban J connectivity index is 2.72. The highest BCUT2D eigenvalue weighted by Crippen LogP contribution is 2.17. The molecular weight excluding hydrogens is 267 g/mol. The van der Waals surface area contributed by atoms with Gasteiger partial charge in [0.1, 0.15) is 5.75 Å². The molecule has 2 nitrogen and oxygen atoms in total. The molecule has 0 amide bonds. The Morgan fingerprint density at radius 2 is 2.08 bits per heavy atom. The van der Waals surface area contributed by atoms with Crippen LogP contribution in [0.1, 0.15) is 5.56 Å². The van der Waals surface area contributed by atoms with Crippen LogP contribution in [0.3, 0.4) is 0 Å². The first-order chi connectivity index (χ1) is 5.72. The molecule has 0 spiro atoms. The van der Waals surface area contributed by atoms with Gasteiger partial charge < -0.3 is 9.47 Å². The van der Waals surface area contributed by atoms with E-state index in [4.69, 9.17) is 9.47 Å². The summed E-state index contributed by atoms with van der Waals surface area (Å²) in [5.74, 6) is 0.862. The van der Waals surface area contributed by atoms with Gasteiger partial charge in [-0.3, -0.25) is 0 Å². The first-order valence-electron chi connectivity index (χ1n) is 3.61. The van der Waals surface area contributed by atoms with E-state index in [1.54, 1.807) is 7.11 Å². The molecule has 0 saturated carbocycles. The molecule has 0 unspecified atom stereocenters. The number of aryl methyl sites for hydroxylation is 1. The first-order valence-corrected chi connectivity index (χ1v) is 4.69. The molecule has 66 valence electrons. The second-order valence-electron chi connectivity index (χ2n) is 2.52. The van der Waals surface area contributed by atoms with E-state index in [1.807, 2.05) is 19.1 Å². The van der Waals surface area contributed by atoms with Crippen molar-refractivity contribution in [2.75, 3.05) is 13.9 Å². The fraction of sp³-hybridized carbons (Fsp3) is 0.333. The van der Waals surface area contributed by atoms with Crippen molar-refractivity contribution in [2.24, 2.45) is 0 Å². The monoisotopic (exact) mass is 278 g/mol. The lowest BCUT2D eigenvalue weighted by molar-refractivity contribution is 0.0510. The fourth-order valence-electron chi connectivity index (χ4n) is 0.913. The quantitative estimate of drug-likeness (QED) is 0.625. The lowest BCUT2D eigenvalue weighted by Gasteiger charge is -2.05. The Morgan fingerprint density at radius 3 is 2.67 bits per heavy atom. The lowest BCUT2D eigenvalue weighted by Crippen LogP contribution is -1.99. The maximum atomic E-state index is 5.29. The SMILES string of the molecule is COCOc1cc(C)cc(I)c1. The maximum Gasteiger partial charge on any atom is 0.188 e. The van der Waals surface area contributed by atoms with Crippen molar-refractivity contribution in [1.82, 2.24) is 0 Å². The normalized spacial score (nSPS) is 9.92. The standard InChI is InChI=1S/C9H11IO2/c1-7-3-8(10)5-9(4-7)12-6-11-2/h3-5H,6H2,1-2H3. The largest absolute Gasteiger partial charge is 0.468 e. The number of benzene rings is 1. The molecule has 0 aliphatic carbocycles. The van der Waals surface area contributed by atoms with Crippen LogP contribution in [-0.2, 0) is 4.74 Å². The Kier molecular flexibility index (Phi) is 3.81. The summed E-state index contributed by atoms with van der Waals surface area (Å²) < 4.78 is 11.3. The molecule has 0 N–H and O–H groups in total. The van der Waals surface area contributed by atoms with Gasteiger partial charge in [-0.2, -0.15) is 0 Å². The molecule has 0 aliphatic heterocycles. The summed E-state index contributed by atoms with van der Waals surface area (Å²) in [7, 11) is 1.61. The van der Waals surface area contributed by atoms with Crippen molar-refractivity contribution in [2.45, 2.75) is 6.92 Å². The summed E-state index contributed by atoms with van der Waals surface area (Å²) in [6.07, 6.45) is 0. The van der Waals surface area contributed by atoms with E-state index < -0.39 is 0 Å². The zero-order valence-electron chi connectivity index (χ0n) is 7.13. The minimum atomic E-state index is 0.305. The third kappa shape index (κ3) is 2.98. The maximum absolute atomic E-state index is 5.29. The van der Waals surface area contributed by atoms with Gasteiger partial charge in [0.15, 0.2) is 6.79 Å². The number of rotatable bonds is 3. The van der Waals surface area contributed by atoms with Crippen LogP contribution in [0.5, 0.6) is 5.75 Å². The number of methoxy groups -OCH3 is 1. The lowest BCUT2D eigenvalue weighted by atomic mass is 10.2. The van der Waals surface area contributed by atoms with Gasteiger partial charge in [-0.25, -0.2) is 0 Å². The van der Waals surface area contributed by atoms with Crippen LogP contribution in [0.15, 0.2) is 18.2 Å². The van der Waals surface area contributed by atoms with Gasteiger partial charge in [0.05, 0.1) is 0 Å². The minimum Gasteiger partial charge on any atom is -0.468 e. The minimum absolute atomic E-state index is 0.305. The van der Waals surface area contributed by atoms with Crippen molar-refractivity contribution >= 4 is 22.6 Å². The third-order valence-electron chi connectivity index (χ3n) is 1.36. The van der Waals surface area contributed by atoms with E-state index in [2.05, 4.69) is 28.7 Å². The van der Waals surface area contributed by atoms with Crippen LogP contribution in [-0.4, -0.2) is 13.9 Å². The molecule has 0 saturated heterocycles. The Bertz CT molecular complexity index is 240. The molecule has 0 heterocycles.